The van der Waals surface area contributed by atoms with Crippen LogP contribution in [0, 0.1) is 12.7 Å². The van der Waals surface area contributed by atoms with Crippen molar-refractivity contribution in [1.82, 2.24) is 4.98 Å². The fourth-order valence-corrected chi connectivity index (χ4v) is 1.52. The average Bonchev–Trinajstić information content (AvgIpc) is 2.32. The van der Waals surface area contributed by atoms with Gasteiger partial charge in [-0.2, -0.15) is 0 Å². The van der Waals surface area contributed by atoms with Gasteiger partial charge in [0.05, 0.1) is 16.9 Å². The van der Waals surface area contributed by atoms with Crippen molar-refractivity contribution in [2.75, 3.05) is 11.1 Å². The zero-order valence-corrected chi connectivity index (χ0v) is 9.77. The minimum atomic E-state index is -0.644. The van der Waals surface area contributed by atoms with Gasteiger partial charge in [-0.1, -0.05) is 0 Å². The molecular formula is C13H12FN3O. The molecule has 1 amide bonds. The van der Waals surface area contributed by atoms with Gasteiger partial charge in [-0.3, -0.25) is 9.78 Å². The number of hydrogen-bond donors (Lipinski definition) is 2. The van der Waals surface area contributed by atoms with Crippen LogP contribution in [0.4, 0.5) is 15.8 Å². The predicted molar refractivity (Wildman–Crippen MR) is 67.7 cm³/mol. The smallest absolute Gasteiger partial charge is 0.258 e. The Morgan fingerprint density at radius 3 is 2.83 bits per heavy atom. The topological polar surface area (TPSA) is 68.0 Å². The fourth-order valence-electron chi connectivity index (χ4n) is 1.52. The van der Waals surface area contributed by atoms with Crippen LogP contribution in [-0.2, 0) is 0 Å². The van der Waals surface area contributed by atoms with Gasteiger partial charge in [0, 0.05) is 11.9 Å². The summed E-state index contributed by atoms with van der Waals surface area (Å²) >= 11 is 0. The van der Waals surface area contributed by atoms with Gasteiger partial charge in [-0.25, -0.2) is 4.39 Å². The lowest BCUT2D eigenvalue weighted by atomic mass is 10.1. The van der Waals surface area contributed by atoms with Gasteiger partial charge in [-0.15, -0.1) is 0 Å². The summed E-state index contributed by atoms with van der Waals surface area (Å²) in [6.07, 6.45) is 1.62. The molecule has 0 saturated heterocycles. The van der Waals surface area contributed by atoms with Crippen molar-refractivity contribution in [2.24, 2.45) is 0 Å². The molecule has 0 bridgehead atoms. The number of anilines is 2. The van der Waals surface area contributed by atoms with Crippen molar-refractivity contribution < 1.29 is 9.18 Å². The highest BCUT2D eigenvalue weighted by atomic mass is 19.1. The van der Waals surface area contributed by atoms with E-state index in [-0.39, 0.29) is 11.3 Å². The molecule has 1 aromatic heterocycles. The quantitative estimate of drug-likeness (QED) is 0.798. The zero-order valence-electron chi connectivity index (χ0n) is 9.77. The molecule has 0 atom stereocenters. The minimum Gasteiger partial charge on any atom is -0.399 e. The summed E-state index contributed by atoms with van der Waals surface area (Å²) in [4.78, 5) is 15.9. The Morgan fingerprint density at radius 1 is 1.39 bits per heavy atom. The lowest BCUT2D eigenvalue weighted by Gasteiger charge is -2.08. The number of carbonyl (C=O) groups excluding carboxylic acids is 1. The largest absolute Gasteiger partial charge is 0.399 e. The van der Waals surface area contributed by atoms with Crippen molar-refractivity contribution in [3.05, 3.63) is 53.6 Å². The van der Waals surface area contributed by atoms with Crippen LogP contribution in [0.1, 0.15) is 16.1 Å². The summed E-state index contributed by atoms with van der Waals surface area (Å²) in [5, 5.41) is 2.60. The van der Waals surface area contributed by atoms with Gasteiger partial charge in [0.2, 0.25) is 0 Å². The van der Waals surface area contributed by atoms with E-state index < -0.39 is 11.7 Å². The van der Waals surface area contributed by atoms with Crippen LogP contribution in [0.2, 0.25) is 0 Å². The van der Waals surface area contributed by atoms with Crippen LogP contribution in [0.15, 0.2) is 36.5 Å². The van der Waals surface area contributed by atoms with Crippen LogP contribution in [0.3, 0.4) is 0 Å². The molecule has 0 aliphatic heterocycles. The number of aryl methyl sites for hydroxylation is 1. The number of carbonyl (C=O) groups is 1. The fraction of sp³-hybridized carbons (Fsp3) is 0.0769. The molecule has 0 aliphatic rings. The Labute approximate surface area is 104 Å². The summed E-state index contributed by atoms with van der Waals surface area (Å²) in [6.45, 7) is 1.76. The first-order valence-electron chi connectivity index (χ1n) is 5.36. The SMILES string of the molecule is Cc1ncccc1NC(=O)c1ccc(N)cc1F. The lowest BCUT2D eigenvalue weighted by molar-refractivity contribution is 0.102. The third kappa shape index (κ3) is 2.45. The van der Waals surface area contributed by atoms with E-state index in [1.165, 1.54) is 12.1 Å². The number of hydrogen-bond acceptors (Lipinski definition) is 3. The second-order valence-corrected chi connectivity index (χ2v) is 3.83. The second kappa shape index (κ2) is 4.83. The lowest BCUT2D eigenvalue weighted by Crippen LogP contribution is -2.15. The molecular weight excluding hydrogens is 233 g/mol. The number of nitrogens with one attached hydrogen (secondary N) is 1. The number of nitrogens with two attached hydrogens (primary N) is 1. The number of benzene rings is 1. The molecule has 18 heavy (non-hydrogen) atoms. The van der Waals surface area contributed by atoms with E-state index in [2.05, 4.69) is 10.3 Å². The molecule has 0 spiro atoms. The Bertz CT molecular complexity index is 599. The van der Waals surface area contributed by atoms with Crippen LogP contribution < -0.4 is 11.1 Å². The molecule has 0 fully saturated rings. The molecule has 3 N–H and O–H groups in total. The number of aromatic nitrogens is 1. The minimum absolute atomic E-state index is 0.0487. The van der Waals surface area contributed by atoms with Crippen LogP contribution >= 0.6 is 0 Å². The normalized spacial score (nSPS) is 10.1. The number of amides is 1. The maximum absolute atomic E-state index is 13.5. The first-order valence-corrected chi connectivity index (χ1v) is 5.36. The summed E-state index contributed by atoms with van der Waals surface area (Å²) in [5.41, 5.74) is 6.88. The van der Waals surface area contributed by atoms with Crippen molar-refractivity contribution in [3.8, 4) is 0 Å². The van der Waals surface area contributed by atoms with Crippen molar-refractivity contribution in [2.45, 2.75) is 6.92 Å². The highest BCUT2D eigenvalue weighted by Crippen LogP contribution is 2.16. The average molecular weight is 245 g/mol. The monoisotopic (exact) mass is 245 g/mol. The molecule has 2 rings (SSSR count). The number of rotatable bonds is 2. The second-order valence-electron chi connectivity index (χ2n) is 3.83. The van der Waals surface area contributed by atoms with Crippen LogP contribution in [0.25, 0.3) is 0 Å². The molecule has 0 saturated carbocycles. The third-order valence-electron chi connectivity index (χ3n) is 2.49. The maximum atomic E-state index is 13.5. The molecule has 5 heteroatoms. The van der Waals surface area contributed by atoms with Crippen molar-refractivity contribution in [3.63, 3.8) is 0 Å². The highest BCUT2D eigenvalue weighted by molar-refractivity contribution is 6.04. The van der Waals surface area contributed by atoms with Gasteiger partial charge in [0.25, 0.3) is 5.91 Å². The number of nitrogen functional groups attached to an aromatic ring is 1. The standard InChI is InChI=1S/C13H12FN3O/c1-8-12(3-2-6-16-8)17-13(18)10-5-4-9(15)7-11(10)14/h2-7H,15H2,1H3,(H,17,18). The molecule has 0 radical (unpaired) electrons. The van der Waals surface area contributed by atoms with Gasteiger partial charge in [0.1, 0.15) is 5.82 Å². The Kier molecular flexibility index (Phi) is 3.23. The number of nitrogens with zero attached hydrogens (tertiary/aromatic N) is 1. The number of halogens is 1. The summed E-state index contributed by atoms with van der Waals surface area (Å²) < 4.78 is 13.5. The molecule has 0 aliphatic carbocycles. The Morgan fingerprint density at radius 2 is 2.17 bits per heavy atom. The first kappa shape index (κ1) is 12.0. The van der Waals surface area contributed by atoms with E-state index in [9.17, 15) is 9.18 Å². The Hall–Kier alpha value is -2.43. The molecule has 1 aromatic carbocycles. The molecule has 2 aromatic rings. The van der Waals surface area contributed by atoms with E-state index in [0.717, 1.165) is 6.07 Å². The van der Waals surface area contributed by atoms with Crippen LogP contribution in [-0.4, -0.2) is 10.9 Å². The number of pyridine rings is 1. The van der Waals surface area contributed by atoms with Crippen molar-refractivity contribution >= 4 is 17.3 Å². The summed E-state index contributed by atoms with van der Waals surface area (Å²) in [5.74, 6) is -1.17. The van der Waals surface area contributed by atoms with Gasteiger partial charge in [-0.05, 0) is 37.3 Å². The summed E-state index contributed by atoms with van der Waals surface area (Å²) in [6, 6.07) is 7.35. The van der Waals surface area contributed by atoms with E-state index in [1.54, 1.807) is 25.3 Å². The molecule has 4 nitrogen and oxygen atoms in total. The van der Waals surface area contributed by atoms with Gasteiger partial charge in [0.15, 0.2) is 0 Å². The molecule has 0 unspecified atom stereocenters. The van der Waals surface area contributed by atoms with Gasteiger partial charge < -0.3 is 11.1 Å². The molecule has 1 heterocycles. The van der Waals surface area contributed by atoms with E-state index in [4.69, 9.17) is 5.73 Å². The van der Waals surface area contributed by atoms with E-state index in [1.807, 2.05) is 0 Å². The molecule has 92 valence electrons. The Balaban J connectivity index is 2.25. The van der Waals surface area contributed by atoms with E-state index in [0.29, 0.717) is 11.4 Å². The third-order valence-corrected chi connectivity index (χ3v) is 2.49. The maximum Gasteiger partial charge on any atom is 0.258 e. The zero-order chi connectivity index (χ0) is 13.1. The van der Waals surface area contributed by atoms with Gasteiger partial charge >= 0.3 is 0 Å². The van der Waals surface area contributed by atoms with E-state index >= 15 is 0 Å². The van der Waals surface area contributed by atoms with Crippen LogP contribution in [0.5, 0.6) is 0 Å². The first-order chi connectivity index (χ1) is 8.58. The highest BCUT2D eigenvalue weighted by Gasteiger charge is 2.12. The summed E-state index contributed by atoms with van der Waals surface area (Å²) in [7, 11) is 0. The van der Waals surface area contributed by atoms with Crippen molar-refractivity contribution in [1.29, 1.82) is 0 Å². The predicted octanol–water partition coefficient (Wildman–Crippen LogP) is 2.36.